The van der Waals surface area contributed by atoms with Crippen molar-refractivity contribution < 1.29 is 0 Å². The predicted molar refractivity (Wildman–Crippen MR) is 114 cm³/mol. The summed E-state index contributed by atoms with van der Waals surface area (Å²) in [5.41, 5.74) is 3.39. The van der Waals surface area contributed by atoms with E-state index in [1.165, 1.54) is 38.0 Å². The van der Waals surface area contributed by atoms with Gasteiger partial charge in [0.15, 0.2) is 0 Å². The average molecular weight is 344 g/mol. The van der Waals surface area contributed by atoms with Crippen LogP contribution in [-0.4, -0.2) is 9.55 Å². The van der Waals surface area contributed by atoms with Gasteiger partial charge in [0.25, 0.3) is 0 Å². The highest BCUT2D eigenvalue weighted by Crippen LogP contribution is 2.35. The van der Waals surface area contributed by atoms with Crippen molar-refractivity contribution in [1.29, 1.82) is 0 Å². The van der Waals surface area contributed by atoms with Gasteiger partial charge in [-0.2, -0.15) is 0 Å². The molecule has 126 valence electrons. The second-order valence-electron chi connectivity index (χ2n) is 6.87. The Morgan fingerprint density at radius 2 is 0.926 bits per heavy atom. The van der Waals surface area contributed by atoms with Gasteiger partial charge in [0.2, 0.25) is 0 Å². The Morgan fingerprint density at radius 3 is 1.59 bits per heavy atom. The van der Waals surface area contributed by atoms with Crippen molar-refractivity contribution in [3.8, 4) is 5.82 Å². The van der Waals surface area contributed by atoms with Crippen molar-refractivity contribution in [3.05, 3.63) is 97.1 Å². The Morgan fingerprint density at radius 1 is 0.444 bits per heavy atom. The van der Waals surface area contributed by atoms with Crippen LogP contribution in [-0.2, 0) is 0 Å². The molecule has 6 aromatic rings. The van der Waals surface area contributed by atoms with E-state index in [0.29, 0.717) is 0 Å². The molecule has 0 saturated heterocycles. The van der Waals surface area contributed by atoms with Crippen LogP contribution in [0.2, 0.25) is 0 Å². The summed E-state index contributed by atoms with van der Waals surface area (Å²) in [5.74, 6) is 0.988. The minimum atomic E-state index is 0.988. The van der Waals surface area contributed by atoms with Gasteiger partial charge in [-0.25, -0.2) is 4.98 Å². The number of nitrogens with zero attached hydrogens (tertiary/aromatic N) is 2. The monoisotopic (exact) mass is 344 g/mol. The number of aromatic nitrogens is 2. The van der Waals surface area contributed by atoms with E-state index in [4.69, 9.17) is 4.98 Å². The molecule has 0 aliphatic heterocycles. The van der Waals surface area contributed by atoms with E-state index >= 15 is 0 Å². The van der Waals surface area contributed by atoms with Crippen LogP contribution in [0.25, 0.3) is 49.3 Å². The van der Waals surface area contributed by atoms with Gasteiger partial charge in [0.05, 0.1) is 16.6 Å². The van der Waals surface area contributed by atoms with E-state index in [1.54, 1.807) is 0 Å². The summed E-state index contributed by atoms with van der Waals surface area (Å²) in [7, 11) is 0. The maximum Gasteiger partial charge on any atom is 0.146 e. The zero-order valence-corrected chi connectivity index (χ0v) is 14.6. The first-order valence-electron chi connectivity index (χ1n) is 9.18. The first kappa shape index (κ1) is 14.5. The van der Waals surface area contributed by atoms with Crippen LogP contribution in [0, 0.1) is 0 Å². The molecule has 27 heavy (non-hydrogen) atoms. The van der Waals surface area contributed by atoms with E-state index in [1.807, 2.05) is 0 Å². The number of rotatable bonds is 1. The summed E-state index contributed by atoms with van der Waals surface area (Å²) >= 11 is 0. The summed E-state index contributed by atoms with van der Waals surface area (Å²) < 4.78 is 2.30. The number of pyridine rings is 1. The second kappa shape index (κ2) is 5.42. The number of fused-ring (bicyclic) bond motifs is 6. The molecule has 2 heteroatoms. The van der Waals surface area contributed by atoms with Crippen molar-refractivity contribution >= 4 is 43.5 Å². The molecule has 0 atom stereocenters. The SMILES string of the molecule is c1ccc2c(c1)nc(-n1c3ccccc3c3ccccc31)c1ccccc12. The molecular weight excluding hydrogens is 328 g/mol. The fourth-order valence-electron chi connectivity index (χ4n) is 4.21. The zero-order valence-electron chi connectivity index (χ0n) is 14.6. The number of hydrogen-bond donors (Lipinski definition) is 0. The molecule has 2 aromatic heterocycles. The molecule has 2 nitrogen and oxygen atoms in total. The lowest BCUT2D eigenvalue weighted by molar-refractivity contribution is 1.12. The van der Waals surface area contributed by atoms with Crippen molar-refractivity contribution in [2.45, 2.75) is 0 Å². The molecule has 0 aliphatic rings. The van der Waals surface area contributed by atoms with Crippen LogP contribution in [0.5, 0.6) is 0 Å². The average Bonchev–Trinajstić information content (AvgIpc) is 3.08. The van der Waals surface area contributed by atoms with Crippen LogP contribution < -0.4 is 0 Å². The van der Waals surface area contributed by atoms with E-state index in [9.17, 15) is 0 Å². The Balaban J connectivity index is 1.88. The van der Waals surface area contributed by atoms with E-state index in [2.05, 4.69) is 102 Å². The van der Waals surface area contributed by atoms with Gasteiger partial charge in [-0.15, -0.1) is 0 Å². The highest BCUT2D eigenvalue weighted by Gasteiger charge is 2.15. The van der Waals surface area contributed by atoms with Crippen LogP contribution in [0.3, 0.4) is 0 Å². The first-order valence-corrected chi connectivity index (χ1v) is 9.18. The summed E-state index contributed by atoms with van der Waals surface area (Å²) in [4.78, 5) is 5.11. The smallest absolute Gasteiger partial charge is 0.146 e. The fourth-order valence-corrected chi connectivity index (χ4v) is 4.21. The molecule has 0 bridgehead atoms. The zero-order chi connectivity index (χ0) is 17.8. The Kier molecular flexibility index (Phi) is 2.91. The third-order valence-electron chi connectivity index (χ3n) is 5.38. The molecule has 0 saturated carbocycles. The fraction of sp³-hybridized carbons (Fsp3) is 0. The van der Waals surface area contributed by atoms with E-state index in [0.717, 1.165) is 11.3 Å². The normalized spacial score (nSPS) is 11.7. The molecule has 0 radical (unpaired) electrons. The Labute approximate surface area is 156 Å². The molecule has 0 unspecified atom stereocenters. The molecule has 0 aliphatic carbocycles. The summed E-state index contributed by atoms with van der Waals surface area (Å²) in [6.07, 6.45) is 0. The maximum absolute atomic E-state index is 5.11. The molecule has 0 amide bonds. The minimum absolute atomic E-state index is 0.988. The van der Waals surface area contributed by atoms with Crippen molar-refractivity contribution in [3.63, 3.8) is 0 Å². The highest BCUT2D eigenvalue weighted by atomic mass is 15.1. The topological polar surface area (TPSA) is 17.8 Å². The van der Waals surface area contributed by atoms with Crippen LogP contribution >= 0.6 is 0 Å². The van der Waals surface area contributed by atoms with E-state index in [-0.39, 0.29) is 0 Å². The Hall–Kier alpha value is -3.65. The van der Waals surface area contributed by atoms with Crippen molar-refractivity contribution in [1.82, 2.24) is 9.55 Å². The molecule has 4 aromatic carbocycles. The third-order valence-corrected chi connectivity index (χ3v) is 5.38. The molecule has 0 spiro atoms. The van der Waals surface area contributed by atoms with Crippen LogP contribution in [0.15, 0.2) is 97.1 Å². The lowest BCUT2D eigenvalue weighted by Gasteiger charge is -2.13. The highest BCUT2D eigenvalue weighted by molar-refractivity contribution is 6.13. The number of para-hydroxylation sites is 3. The van der Waals surface area contributed by atoms with Crippen LogP contribution in [0.4, 0.5) is 0 Å². The quantitative estimate of drug-likeness (QED) is 0.312. The van der Waals surface area contributed by atoms with Crippen molar-refractivity contribution in [2.75, 3.05) is 0 Å². The third kappa shape index (κ3) is 1.98. The number of benzene rings is 4. The first-order chi connectivity index (χ1) is 13.4. The van der Waals surface area contributed by atoms with Gasteiger partial charge < -0.3 is 0 Å². The molecule has 0 N–H and O–H groups in total. The molecule has 2 heterocycles. The molecule has 0 fully saturated rings. The van der Waals surface area contributed by atoms with Crippen LogP contribution in [0.1, 0.15) is 0 Å². The van der Waals surface area contributed by atoms with Gasteiger partial charge >= 0.3 is 0 Å². The summed E-state index contributed by atoms with van der Waals surface area (Å²) in [5, 5.41) is 6.11. The van der Waals surface area contributed by atoms with Crippen molar-refractivity contribution in [2.24, 2.45) is 0 Å². The summed E-state index contributed by atoms with van der Waals surface area (Å²) in [6.45, 7) is 0. The predicted octanol–water partition coefficient (Wildman–Crippen LogP) is 6.49. The minimum Gasteiger partial charge on any atom is -0.293 e. The molecule has 6 rings (SSSR count). The van der Waals surface area contributed by atoms with Gasteiger partial charge in [-0.05, 0) is 23.6 Å². The lowest BCUT2D eigenvalue weighted by Crippen LogP contribution is -1.99. The summed E-state index contributed by atoms with van der Waals surface area (Å²) in [6, 6.07) is 34.1. The standard InChI is InChI=1S/C25H16N2/c1-2-13-21-17(9-1)18-10-3-6-14-22(18)26-25(21)27-23-15-7-4-11-19(23)20-12-5-8-16-24(20)27/h1-16H. The Bertz CT molecular complexity index is 1420. The maximum atomic E-state index is 5.11. The van der Waals surface area contributed by atoms with Gasteiger partial charge in [0, 0.05) is 21.5 Å². The van der Waals surface area contributed by atoms with E-state index < -0.39 is 0 Å². The van der Waals surface area contributed by atoms with Gasteiger partial charge in [-0.1, -0.05) is 78.9 Å². The van der Waals surface area contributed by atoms with Gasteiger partial charge in [0.1, 0.15) is 5.82 Å². The lowest BCUT2D eigenvalue weighted by atomic mass is 10.1. The largest absolute Gasteiger partial charge is 0.293 e. The number of hydrogen-bond acceptors (Lipinski definition) is 1. The second-order valence-corrected chi connectivity index (χ2v) is 6.87. The molecular formula is C25H16N2. The van der Waals surface area contributed by atoms with Gasteiger partial charge in [-0.3, -0.25) is 4.57 Å².